The molecule has 1 saturated heterocycles. The molecule has 0 bridgehead atoms. The average Bonchev–Trinajstić information content (AvgIpc) is 2.87. The molecule has 3 unspecified atom stereocenters. The van der Waals surface area contributed by atoms with Gasteiger partial charge in [0.15, 0.2) is 0 Å². The van der Waals surface area contributed by atoms with Crippen molar-refractivity contribution in [3.8, 4) is 5.75 Å². The van der Waals surface area contributed by atoms with E-state index in [0.29, 0.717) is 6.42 Å². The first-order valence-electron chi connectivity index (χ1n) is 7.78. The Balaban J connectivity index is 1.74. The molecule has 3 amide bonds. The highest BCUT2D eigenvalue weighted by atomic mass is 16.5. The number of aliphatic hydroxyl groups excluding tert-OH is 1. The Hall–Kier alpha value is -2.60. The van der Waals surface area contributed by atoms with Crippen LogP contribution in [-0.2, 0) is 4.79 Å². The minimum atomic E-state index is -1.31. The van der Waals surface area contributed by atoms with Gasteiger partial charge in [0.2, 0.25) is 0 Å². The highest BCUT2D eigenvalue weighted by Gasteiger charge is 2.49. The number of allylic oxidation sites excluding steroid dienone is 3. The number of hydrogen-bond acceptors (Lipinski definition) is 4. The summed E-state index contributed by atoms with van der Waals surface area (Å²) in [5.74, 6) is 0.0197. The van der Waals surface area contributed by atoms with E-state index in [0.717, 1.165) is 16.9 Å². The summed E-state index contributed by atoms with van der Waals surface area (Å²) in [6.45, 7) is 1.53. The summed E-state index contributed by atoms with van der Waals surface area (Å²) in [5, 5.41) is 15.3. The van der Waals surface area contributed by atoms with Gasteiger partial charge in [-0.2, -0.15) is 0 Å². The molecule has 24 heavy (non-hydrogen) atoms. The summed E-state index contributed by atoms with van der Waals surface area (Å²) >= 11 is 0. The monoisotopic (exact) mass is 328 g/mol. The van der Waals surface area contributed by atoms with Crippen molar-refractivity contribution < 1.29 is 19.4 Å². The predicted molar refractivity (Wildman–Crippen MR) is 89.3 cm³/mol. The maximum absolute atomic E-state index is 11.9. The fraction of sp³-hybridized carbons (Fsp3) is 0.333. The number of carbonyl (C=O) groups is 2. The van der Waals surface area contributed by atoms with Gasteiger partial charge in [-0.15, -0.1) is 0 Å². The topological polar surface area (TPSA) is 87.7 Å². The fourth-order valence-corrected chi connectivity index (χ4v) is 3.08. The van der Waals surface area contributed by atoms with Crippen LogP contribution in [0.1, 0.15) is 18.9 Å². The molecule has 0 aromatic heterocycles. The molecule has 0 radical (unpaired) electrons. The SMILES string of the molecule is COc1cccc(C2=CCC(C(O)C3(C)NC(=O)NC3=O)C=C2)c1. The number of methoxy groups -OCH3 is 1. The normalized spacial score (nSPS) is 27.3. The van der Waals surface area contributed by atoms with Crippen molar-refractivity contribution in [3.05, 3.63) is 48.1 Å². The van der Waals surface area contributed by atoms with Crippen molar-refractivity contribution in [1.82, 2.24) is 10.6 Å². The van der Waals surface area contributed by atoms with E-state index in [4.69, 9.17) is 4.74 Å². The lowest BCUT2D eigenvalue weighted by molar-refractivity contribution is -0.128. The number of nitrogens with one attached hydrogen (secondary N) is 2. The summed E-state index contributed by atoms with van der Waals surface area (Å²) in [7, 11) is 1.62. The molecule has 3 N–H and O–H groups in total. The Bertz CT molecular complexity index is 740. The molecule has 6 heteroatoms. The Kier molecular flexibility index (Phi) is 4.15. The van der Waals surface area contributed by atoms with E-state index in [1.807, 2.05) is 42.5 Å². The summed E-state index contributed by atoms with van der Waals surface area (Å²) in [6, 6.07) is 7.16. The number of ether oxygens (including phenoxy) is 1. The molecule has 1 aromatic carbocycles. The molecule has 0 spiro atoms. The number of carbonyl (C=O) groups excluding carboxylic acids is 2. The van der Waals surface area contributed by atoms with Crippen LogP contribution >= 0.6 is 0 Å². The van der Waals surface area contributed by atoms with Gasteiger partial charge in [0.05, 0.1) is 13.2 Å². The van der Waals surface area contributed by atoms with Crippen LogP contribution in [0.2, 0.25) is 0 Å². The number of aliphatic hydroxyl groups is 1. The largest absolute Gasteiger partial charge is 0.497 e. The van der Waals surface area contributed by atoms with Gasteiger partial charge in [0.25, 0.3) is 5.91 Å². The molecular formula is C18H20N2O4. The second-order valence-electron chi connectivity index (χ2n) is 6.21. The summed E-state index contributed by atoms with van der Waals surface area (Å²) in [4.78, 5) is 23.3. The van der Waals surface area contributed by atoms with Crippen molar-refractivity contribution in [2.24, 2.45) is 5.92 Å². The first kappa shape index (κ1) is 16.3. The van der Waals surface area contributed by atoms with Crippen molar-refractivity contribution >= 4 is 17.5 Å². The molecule has 1 heterocycles. The van der Waals surface area contributed by atoms with E-state index in [2.05, 4.69) is 10.6 Å². The lowest BCUT2D eigenvalue weighted by atomic mass is 9.80. The van der Waals surface area contributed by atoms with Crippen LogP contribution < -0.4 is 15.4 Å². The summed E-state index contributed by atoms with van der Waals surface area (Å²) < 4.78 is 5.23. The van der Waals surface area contributed by atoms with Gasteiger partial charge in [0.1, 0.15) is 11.3 Å². The average molecular weight is 328 g/mol. The van der Waals surface area contributed by atoms with Crippen LogP contribution in [0, 0.1) is 5.92 Å². The Morgan fingerprint density at radius 2 is 2.17 bits per heavy atom. The molecule has 126 valence electrons. The lowest BCUT2D eigenvalue weighted by Gasteiger charge is -2.32. The number of hydrogen-bond donors (Lipinski definition) is 3. The molecular weight excluding hydrogens is 308 g/mol. The predicted octanol–water partition coefficient (Wildman–Crippen LogP) is 1.61. The number of amides is 3. The molecule has 3 atom stereocenters. The van der Waals surface area contributed by atoms with Gasteiger partial charge in [-0.25, -0.2) is 4.79 Å². The lowest BCUT2D eigenvalue weighted by Crippen LogP contribution is -2.56. The fourth-order valence-electron chi connectivity index (χ4n) is 3.08. The molecule has 6 nitrogen and oxygen atoms in total. The van der Waals surface area contributed by atoms with Gasteiger partial charge < -0.3 is 15.2 Å². The highest BCUT2D eigenvalue weighted by Crippen LogP contribution is 2.31. The van der Waals surface area contributed by atoms with E-state index in [9.17, 15) is 14.7 Å². The highest BCUT2D eigenvalue weighted by molar-refractivity contribution is 6.07. The quantitative estimate of drug-likeness (QED) is 0.733. The Morgan fingerprint density at radius 1 is 1.38 bits per heavy atom. The third-order valence-corrected chi connectivity index (χ3v) is 4.61. The van der Waals surface area contributed by atoms with Crippen LogP contribution in [-0.4, -0.2) is 35.8 Å². The van der Waals surface area contributed by atoms with E-state index >= 15 is 0 Å². The summed E-state index contributed by atoms with van der Waals surface area (Å²) in [5.41, 5.74) is 0.743. The van der Waals surface area contributed by atoms with Crippen LogP contribution in [0.25, 0.3) is 5.57 Å². The molecule has 1 aromatic rings. The third kappa shape index (κ3) is 2.80. The van der Waals surface area contributed by atoms with Gasteiger partial charge in [-0.1, -0.05) is 30.4 Å². The zero-order chi connectivity index (χ0) is 17.3. The van der Waals surface area contributed by atoms with Gasteiger partial charge in [-0.05, 0) is 36.6 Å². The molecule has 1 aliphatic carbocycles. The summed E-state index contributed by atoms with van der Waals surface area (Å²) in [6.07, 6.45) is 5.37. The first-order valence-corrected chi connectivity index (χ1v) is 7.78. The van der Waals surface area contributed by atoms with E-state index in [1.54, 1.807) is 7.11 Å². The van der Waals surface area contributed by atoms with E-state index in [1.165, 1.54) is 6.92 Å². The molecule has 0 saturated carbocycles. The minimum Gasteiger partial charge on any atom is -0.497 e. The standard InChI is InChI=1S/C18H20N2O4/c1-18(16(22)19-17(23)20-18)15(21)12-8-6-11(7-9-12)13-4-3-5-14(10-13)24-2/h3-8,10,12,15,21H,9H2,1-2H3,(H2,19,20,22,23). The van der Waals surface area contributed by atoms with E-state index < -0.39 is 23.6 Å². The van der Waals surface area contributed by atoms with Crippen LogP contribution in [0.15, 0.2) is 42.5 Å². The molecule has 1 aliphatic heterocycles. The second kappa shape index (κ2) is 6.13. The minimum absolute atomic E-state index is 0.256. The van der Waals surface area contributed by atoms with Crippen molar-refractivity contribution in [2.45, 2.75) is 25.0 Å². The van der Waals surface area contributed by atoms with Crippen molar-refractivity contribution in [2.75, 3.05) is 7.11 Å². The Labute approximate surface area is 140 Å². The Morgan fingerprint density at radius 3 is 2.75 bits per heavy atom. The van der Waals surface area contributed by atoms with Gasteiger partial charge in [-0.3, -0.25) is 10.1 Å². The van der Waals surface area contributed by atoms with Gasteiger partial charge in [0, 0.05) is 5.92 Å². The zero-order valence-corrected chi connectivity index (χ0v) is 13.6. The van der Waals surface area contributed by atoms with Gasteiger partial charge >= 0.3 is 6.03 Å². The number of rotatable bonds is 4. The third-order valence-electron chi connectivity index (χ3n) is 4.61. The second-order valence-corrected chi connectivity index (χ2v) is 6.21. The zero-order valence-electron chi connectivity index (χ0n) is 13.6. The number of urea groups is 1. The molecule has 1 fully saturated rings. The maximum Gasteiger partial charge on any atom is 0.322 e. The van der Waals surface area contributed by atoms with Crippen molar-refractivity contribution in [1.29, 1.82) is 0 Å². The smallest absolute Gasteiger partial charge is 0.322 e. The first-order chi connectivity index (χ1) is 11.4. The number of imide groups is 1. The maximum atomic E-state index is 11.9. The molecule has 2 aliphatic rings. The molecule has 3 rings (SSSR count). The van der Waals surface area contributed by atoms with Crippen molar-refractivity contribution in [3.63, 3.8) is 0 Å². The van der Waals surface area contributed by atoms with E-state index in [-0.39, 0.29) is 5.92 Å². The van der Waals surface area contributed by atoms with Crippen LogP contribution in [0.5, 0.6) is 5.75 Å². The number of benzene rings is 1. The van der Waals surface area contributed by atoms with Crippen LogP contribution in [0.4, 0.5) is 4.79 Å². The van der Waals surface area contributed by atoms with Crippen LogP contribution in [0.3, 0.4) is 0 Å².